The standard InChI is InChI=1S/C12H17NO3/c1-8(2)10-6-12-11(14-7-15-12)5-9(10)3-4-16-13/h5-6,8H,3-4,7,13H2,1-2H3. The summed E-state index contributed by atoms with van der Waals surface area (Å²) in [5.41, 5.74) is 2.48. The summed E-state index contributed by atoms with van der Waals surface area (Å²) in [6.45, 7) is 5.14. The van der Waals surface area contributed by atoms with Gasteiger partial charge in [-0.1, -0.05) is 13.8 Å². The fourth-order valence-corrected chi connectivity index (χ4v) is 1.92. The Kier molecular flexibility index (Phi) is 3.31. The van der Waals surface area contributed by atoms with E-state index in [4.69, 9.17) is 15.4 Å². The number of benzene rings is 1. The Morgan fingerprint density at radius 1 is 1.31 bits per heavy atom. The lowest BCUT2D eigenvalue weighted by Gasteiger charge is -2.13. The Labute approximate surface area is 95.2 Å². The molecular formula is C12H17NO3. The van der Waals surface area contributed by atoms with Crippen LogP contribution in [-0.2, 0) is 11.3 Å². The van der Waals surface area contributed by atoms with Crippen molar-refractivity contribution >= 4 is 0 Å². The molecule has 0 aromatic heterocycles. The molecule has 4 nitrogen and oxygen atoms in total. The SMILES string of the molecule is CC(C)c1cc2c(cc1CCON)OCO2. The van der Waals surface area contributed by atoms with Gasteiger partial charge in [0.05, 0.1) is 6.61 Å². The van der Waals surface area contributed by atoms with E-state index in [2.05, 4.69) is 24.8 Å². The van der Waals surface area contributed by atoms with E-state index in [1.807, 2.05) is 6.07 Å². The smallest absolute Gasteiger partial charge is 0.231 e. The molecule has 4 heteroatoms. The van der Waals surface area contributed by atoms with E-state index in [-0.39, 0.29) is 0 Å². The molecule has 1 aliphatic rings. The number of hydrogen-bond acceptors (Lipinski definition) is 4. The van der Waals surface area contributed by atoms with Crippen LogP contribution in [0.25, 0.3) is 0 Å². The monoisotopic (exact) mass is 223 g/mol. The van der Waals surface area contributed by atoms with Gasteiger partial charge >= 0.3 is 0 Å². The maximum Gasteiger partial charge on any atom is 0.231 e. The third kappa shape index (κ3) is 2.13. The molecule has 0 amide bonds. The van der Waals surface area contributed by atoms with Crippen LogP contribution >= 0.6 is 0 Å². The van der Waals surface area contributed by atoms with Crippen molar-refractivity contribution in [2.75, 3.05) is 13.4 Å². The maximum absolute atomic E-state index is 5.37. The Bertz CT molecular complexity index is 377. The number of rotatable bonds is 4. The average molecular weight is 223 g/mol. The van der Waals surface area contributed by atoms with Gasteiger partial charge in [0.1, 0.15) is 0 Å². The van der Waals surface area contributed by atoms with Crippen molar-refractivity contribution in [2.45, 2.75) is 26.2 Å². The summed E-state index contributed by atoms with van der Waals surface area (Å²) in [5.74, 6) is 7.16. The van der Waals surface area contributed by atoms with Crippen molar-refractivity contribution in [2.24, 2.45) is 5.90 Å². The van der Waals surface area contributed by atoms with Crippen LogP contribution in [0.15, 0.2) is 12.1 Å². The molecule has 0 saturated carbocycles. The zero-order valence-electron chi connectivity index (χ0n) is 9.66. The van der Waals surface area contributed by atoms with Crippen LogP contribution in [0.5, 0.6) is 11.5 Å². The van der Waals surface area contributed by atoms with Gasteiger partial charge in [-0.05, 0) is 35.6 Å². The Hall–Kier alpha value is -1.26. The molecule has 0 spiro atoms. The molecule has 2 N–H and O–H groups in total. The molecule has 1 aromatic rings. The Balaban J connectivity index is 2.32. The molecule has 88 valence electrons. The van der Waals surface area contributed by atoms with Gasteiger partial charge in [-0.25, -0.2) is 5.90 Å². The molecule has 1 aliphatic heterocycles. The van der Waals surface area contributed by atoms with Gasteiger partial charge in [-0.15, -0.1) is 0 Å². The highest BCUT2D eigenvalue weighted by Crippen LogP contribution is 2.37. The molecule has 0 unspecified atom stereocenters. The van der Waals surface area contributed by atoms with Crippen molar-refractivity contribution in [1.82, 2.24) is 0 Å². The summed E-state index contributed by atoms with van der Waals surface area (Å²) < 4.78 is 10.7. The van der Waals surface area contributed by atoms with E-state index in [0.717, 1.165) is 17.9 Å². The second kappa shape index (κ2) is 4.72. The summed E-state index contributed by atoms with van der Waals surface area (Å²) in [6.07, 6.45) is 0.792. The molecule has 16 heavy (non-hydrogen) atoms. The lowest BCUT2D eigenvalue weighted by Crippen LogP contribution is -2.06. The topological polar surface area (TPSA) is 53.7 Å². The Morgan fingerprint density at radius 2 is 2.00 bits per heavy atom. The second-order valence-corrected chi connectivity index (χ2v) is 4.18. The third-order valence-corrected chi connectivity index (χ3v) is 2.75. The van der Waals surface area contributed by atoms with Crippen molar-refractivity contribution in [3.63, 3.8) is 0 Å². The minimum absolute atomic E-state index is 0.309. The van der Waals surface area contributed by atoms with E-state index < -0.39 is 0 Å². The van der Waals surface area contributed by atoms with E-state index in [1.54, 1.807) is 0 Å². The van der Waals surface area contributed by atoms with Gasteiger partial charge in [0.15, 0.2) is 11.5 Å². The Morgan fingerprint density at radius 3 is 2.62 bits per heavy atom. The van der Waals surface area contributed by atoms with Gasteiger partial charge < -0.3 is 14.3 Å². The molecule has 0 atom stereocenters. The first-order valence-electron chi connectivity index (χ1n) is 5.46. The van der Waals surface area contributed by atoms with Crippen LogP contribution in [-0.4, -0.2) is 13.4 Å². The van der Waals surface area contributed by atoms with Crippen molar-refractivity contribution < 1.29 is 14.3 Å². The van der Waals surface area contributed by atoms with Gasteiger partial charge in [-0.2, -0.15) is 0 Å². The average Bonchev–Trinajstić information content (AvgIpc) is 2.71. The molecule has 0 saturated heterocycles. The maximum atomic E-state index is 5.37. The number of hydrogen-bond donors (Lipinski definition) is 1. The van der Waals surface area contributed by atoms with E-state index in [9.17, 15) is 0 Å². The lowest BCUT2D eigenvalue weighted by atomic mass is 9.95. The van der Waals surface area contributed by atoms with Crippen LogP contribution in [0.3, 0.4) is 0 Å². The molecule has 1 heterocycles. The predicted molar refractivity (Wildman–Crippen MR) is 60.5 cm³/mol. The van der Waals surface area contributed by atoms with E-state index in [1.165, 1.54) is 11.1 Å². The summed E-state index contributed by atoms with van der Waals surface area (Å²) in [4.78, 5) is 4.63. The first-order valence-corrected chi connectivity index (χ1v) is 5.46. The number of nitrogens with two attached hydrogens (primary N) is 1. The van der Waals surface area contributed by atoms with Crippen molar-refractivity contribution in [3.8, 4) is 11.5 Å². The zero-order chi connectivity index (χ0) is 11.5. The van der Waals surface area contributed by atoms with E-state index in [0.29, 0.717) is 19.3 Å². The largest absolute Gasteiger partial charge is 0.454 e. The van der Waals surface area contributed by atoms with Crippen LogP contribution < -0.4 is 15.4 Å². The highest BCUT2D eigenvalue weighted by Gasteiger charge is 2.18. The molecule has 2 rings (SSSR count). The predicted octanol–water partition coefficient (Wildman–Crippen LogP) is 1.97. The minimum Gasteiger partial charge on any atom is -0.454 e. The van der Waals surface area contributed by atoms with Gasteiger partial charge in [0.25, 0.3) is 0 Å². The molecule has 0 bridgehead atoms. The van der Waals surface area contributed by atoms with Crippen LogP contribution in [0.4, 0.5) is 0 Å². The molecular weight excluding hydrogens is 206 g/mol. The summed E-state index contributed by atoms with van der Waals surface area (Å²) in [5, 5.41) is 0. The number of ether oxygens (including phenoxy) is 2. The second-order valence-electron chi connectivity index (χ2n) is 4.18. The van der Waals surface area contributed by atoms with Gasteiger partial charge in [0.2, 0.25) is 6.79 Å². The normalized spacial score (nSPS) is 13.5. The first-order chi connectivity index (χ1) is 7.72. The molecule has 0 aliphatic carbocycles. The third-order valence-electron chi connectivity index (χ3n) is 2.75. The van der Waals surface area contributed by atoms with Crippen molar-refractivity contribution in [3.05, 3.63) is 23.3 Å². The quantitative estimate of drug-likeness (QED) is 0.793. The summed E-state index contributed by atoms with van der Waals surface area (Å²) in [7, 11) is 0. The fourth-order valence-electron chi connectivity index (χ4n) is 1.92. The minimum atomic E-state index is 0.309. The molecule has 0 fully saturated rings. The molecule has 1 aromatic carbocycles. The van der Waals surface area contributed by atoms with E-state index >= 15 is 0 Å². The number of fused-ring (bicyclic) bond motifs is 1. The highest BCUT2D eigenvalue weighted by molar-refractivity contribution is 5.49. The first kappa shape index (κ1) is 11.2. The van der Waals surface area contributed by atoms with Gasteiger partial charge in [0, 0.05) is 0 Å². The summed E-state index contributed by atoms with van der Waals surface area (Å²) >= 11 is 0. The fraction of sp³-hybridized carbons (Fsp3) is 0.500. The van der Waals surface area contributed by atoms with Crippen LogP contribution in [0.2, 0.25) is 0 Å². The zero-order valence-corrected chi connectivity index (χ0v) is 9.66. The van der Waals surface area contributed by atoms with Crippen LogP contribution in [0, 0.1) is 0 Å². The van der Waals surface area contributed by atoms with Crippen molar-refractivity contribution in [1.29, 1.82) is 0 Å². The lowest BCUT2D eigenvalue weighted by molar-refractivity contribution is 0.141. The molecule has 0 radical (unpaired) electrons. The summed E-state index contributed by atoms with van der Waals surface area (Å²) in [6, 6.07) is 4.08. The van der Waals surface area contributed by atoms with Crippen LogP contribution in [0.1, 0.15) is 30.9 Å². The highest BCUT2D eigenvalue weighted by atomic mass is 16.7. The van der Waals surface area contributed by atoms with Gasteiger partial charge in [-0.3, -0.25) is 0 Å².